The Balaban J connectivity index is 1.67. The van der Waals surface area contributed by atoms with Gasteiger partial charge in [-0.25, -0.2) is 4.79 Å². The van der Waals surface area contributed by atoms with Gasteiger partial charge in [-0.1, -0.05) is 54.6 Å². The van der Waals surface area contributed by atoms with Crippen molar-refractivity contribution >= 4 is 28.3 Å². The Morgan fingerprint density at radius 3 is 2.48 bits per heavy atom. The van der Waals surface area contributed by atoms with Crippen molar-refractivity contribution in [3.8, 4) is 0 Å². The summed E-state index contributed by atoms with van der Waals surface area (Å²) in [5.41, 5.74) is 1.90. The molecule has 0 bridgehead atoms. The largest absolute Gasteiger partial charge is 0.465 e. The summed E-state index contributed by atoms with van der Waals surface area (Å²) in [5, 5.41) is 8.34. The number of nitrogens with one attached hydrogen (secondary N) is 2. The molecule has 5 nitrogen and oxygen atoms in total. The Bertz CT molecular complexity index is 963. The number of esters is 1. The van der Waals surface area contributed by atoms with Gasteiger partial charge in [-0.05, 0) is 35.4 Å². The summed E-state index contributed by atoms with van der Waals surface area (Å²) >= 11 is 0. The molecule has 2 N–H and O–H groups in total. The second-order valence-electron chi connectivity index (χ2n) is 6.26. The standard InChI is InChI=1S/C22H22N2O3/c1-15(17-12-7-9-16-8-3-4-10-18(16)17)23-14-21(25)24-20-13-6-5-11-19(20)22(26)27-2/h3-13,15,23H,14H2,1-2H3,(H,24,25)/t15-/m0/s1. The fourth-order valence-corrected chi connectivity index (χ4v) is 3.06. The summed E-state index contributed by atoms with van der Waals surface area (Å²) in [6.45, 7) is 2.15. The first-order chi connectivity index (χ1) is 13.1. The molecule has 138 valence electrons. The van der Waals surface area contributed by atoms with Crippen LogP contribution in [0, 0.1) is 0 Å². The highest BCUT2D eigenvalue weighted by Gasteiger charge is 2.14. The van der Waals surface area contributed by atoms with Crippen LogP contribution in [0.4, 0.5) is 5.69 Å². The molecule has 3 aromatic rings. The van der Waals surface area contributed by atoms with Crippen LogP contribution in [0.3, 0.4) is 0 Å². The zero-order valence-corrected chi connectivity index (χ0v) is 15.4. The Morgan fingerprint density at radius 1 is 0.963 bits per heavy atom. The molecule has 0 unspecified atom stereocenters. The lowest BCUT2D eigenvalue weighted by atomic mass is 10.00. The van der Waals surface area contributed by atoms with Gasteiger partial charge in [0.1, 0.15) is 0 Å². The van der Waals surface area contributed by atoms with E-state index < -0.39 is 5.97 Å². The topological polar surface area (TPSA) is 67.4 Å². The van der Waals surface area contributed by atoms with E-state index in [9.17, 15) is 9.59 Å². The van der Waals surface area contributed by atoms with Gasteiger partial charge in [-0.2, -0.15) is 0 Å². The molecule has 0 radical (unpaired) electrons. The van der Waals surface area contributed by atoms with Crippen molar-refractivity contribution in [3.63, 3.8) is 0 Å². The number of fused-ring (bicyclic) bond motifs is 1. The van der Waals surface area contributed by atoms with E-state index in [1.54, 1.807) is 24.3 Å². The van der Waals surface area contributed by atoms with E-state index in [1.807, 2.05) is 25.1 Å². The minimum Gasteiger partial charge on any atom is -0.465 e. The van der Waals surface area contributed by atoms with Crippen LogP contribution in [-0.2, 0) is 9.53 Å². The predicted molar refractivity (Wildman–Crippen MR) is 107 cm³/mol. The SMILES string of the molecule is COC(=O)c1ccccc1NC(=O)CN[C@@H](C)c1cccc2ccccc12. The highest BCUT2D eigenvalue weighted by molar-refractivity contribution is 6.01. The zero-order valence-electron chi connectivity index (χ0n) is 15.4. The van der Waals surface area contributed by atoms with Crippen molar-refractivity contribution in [2.75, 3.05) is 19.0 Å². The van der Waals surface area contributed by atoms with Crippen molar-refractivity contribution in [1.29, 1.82) is 0 Å². The number of para-hydroxylation sites is 1. The number of hydrogen-bond acceptors (Lipinski definition) is 4. The van der Waals surface area contributed by atoms with Gasteiger partial charge in [0, 0.05) is 6.04 Å². The third kappa shape index (κ3) is 4.33. The number of rotatable bonds is 6. The molecule has 1 amide bonds. The first-order valence-electron chi connectivity index (χ1n) is 8.78. The van der Waals surface area contributed by atoms with E-state index in [-0.39, 0.29) is 18.5 Å². The van der Waals surface area contributed by atoms with Crippen LogP contribution < -0.4 is 10.6 Å². The van der Waals surface area contributed by atoms with Crippen molar-refractivity contribution in [2.24, 2.45) is 0 Å². The number of hydrogen-bond donors (Lipinski definition) is 2. The quantitative estimate of drug-likeness (QED) is 0.652. The molecule has 0 aliphatic carbocycles. The number of anilines is 1. The Labute approximate surface area is 158 Å². The summed E-state index contributed by atoms with van der Waals surface area (Å²) in [4.78, 5) is 24.2. The molecule has 1 atom stereocenters. The molecule has 0 aliphatic rings. The minimum atomic E-state index is -0.483. The van der Waals surface area contributed by atoms with Crippen LogP contribution >= 0.6 is 0 Å². The van der Waals surface area contributed by atoms with Crippen LogP contribution in [0.2, 0.25) is 0 Å². The Kier molecular flexibility index (Phi) is 5.84. The number of benzene rings is 3. The monoisotopic (exact) mass is 362 g/mol. The molecule has 0 saturated carbocycles. The molecule has 0 saturated heterocycles. The maximum absolute atomic E-state index is 12.3. The normalized spacial score (nSPS) is 11.8. The molecule has 0 spiro atoms. The lowest BCUT2D eigenvalue weighted by Gasteiger charge is -2.17. The molecule has 0 fully saturated rings. The first-order valence-corrected chi connectivity index (χ1v) is 8.78. The van der Waals surface area contributed by atoms with Gasteiger partial charge in [0.2, 0.25) is 5.91 Å². The second kappa shape index (κ2) is 8.47. The van der Waals surface area contributed by atoms with Crippen LogP contribution in [0.15, 0.2) is 66.7 Å². The summed E-state index contributed by atoms with van der Waals surface area (Å²) in [5.74, 6) is -0.707. The average Bonchev–Trinajstić information content (AvgIpc) is 2.71. The van der Waals surface area contributed by atoms with E-state index in [0.717, 1.165) is 10.9 Å². The average molecular weight is 362 g/mol. The number of ether oxygens (including phenoxy) is 1. The molecule has 5 heteroatoms. The second-order valence-corrected chi connectivity index (χ2v) is 6.26. The summed E-state index contributed by atoms with van der Waals surface area (Å²) in [6, 6.07) is 21.1. The van der Waals surface area contributed by atoms with E-state index in [1.165, 1.54) is 12.5 Å². The molecule has 0 aliphatic heterocycles. The molecule has 3 rings (SSSR count). The maximum atomic E-state index is 12.3. The Morgan fingerprint density at radius 2 is 1.67 bits per heavy atom. The molecular weight excluding hydrogens is 340 g/mol. The van der Waals surface area contributed by atoms with Gasteiger partial charge in [0.05, 0.1) is 24.9 Å². The van der Waals surface area contributed by atoms with Gasteiger partial charge in [0.15, 0.2) is 0 Å². The van der Waals surface area contributed by atoms with Gasteiger partial charge in [0.25, 0.3) is 0 Å². The van der Waals surface area contributed by atoms with E-state index >= 15 is 0 Å². The highest BCUT2D eigenvalue weighted by Crippen LogP contribution is 2.24. The molecule has 27 heavy (non-hydrogen) atoms. The minimum absolute atomic E-state index is 0.00213. The fraction of sp³-hybridized carbons (Fsp3) is 0.182. The smallest absolute Gasteiger partial charge is 0.339 e. The van der Waals surface area contributed by atoms with Crippen molar-refractivity contribution in [2.45, 2.75) is 13.0 Å². The number of methoxy groups -OCH3 is 1. The van der Waals surface area contributed by atoms with Crippen LogP contribution in [0.25, 0.3) is 10.8 Å². The summed E-state index contributed by atoms with van der Waals surface area (Å²) < 4.78 is 4.75. The number of carbonyl (C=O) groups excluding carboxylic acids is 2. The lowest BCUT2D eigenvalue weighted by Crippen LogP contribution is -2.30. The molecule has 0 heterocycles. The molecule has 0 aromatic heterocycles. The van der Waals surface area contributed by atoms with E-state index in [4.69, 9.17) is 4.74 Å². The molecule has 3 aromatic carbocycles. The van der Waals surface area contributed by atoms with Gasteiger partial charge < -0.3 is 15.4 Å². The van der Waals surface area contributed by atoms with Crippen molar-refractivity contribution in [3.05, 3.63) is 77.9 Å². The number of amides is 1. The lowest BCUT2D eigenvalue weighted by molar-refractivity contribution is -0.115. The van der Waals surface area contributed by atoms with Crippen molar-refractivity contribution < 1.29 is 14.3 Å². The molecular formula is C22H22N2O3. The fourth-order valence-electron chi connectivity index (χ4n) is 3.06. The van der Waals surface area contributed by atoms with Gasteiger partial charge in [-0.3, -0.25) is 4.79 Å². The van der Waals surface area contributed by atoms with E-state index in [2.05, 4.69) is 34.9 Å². The van der Waals surface area contributed by atoms with Crippen LogP contribution in [0.1, 0.15) is 28.9 Å². The number of carbonyl (C=O) groups is 2. The third-order valence-corrected chi connectivity index (χ3v) is 4.47. The Hall–Kier alpha value is -3.18. The summed E-state index contributed by atoms with van der Waals surface area (Å²) in [6.07, 6.45) is 0. The third-order valence-electron chi connectivity index (χ3n) is 4.47. The maximum Gasteiger partial charge on any atom is 0.339 e. The predicted octanol–water partition coefficient (Wildman–Crippen LogP) is 3.92. The first kappa shape index (κ1) is 18.6. The van der Waals surface area contributed by atoms with Crippen molar-refractivity contribution in [1.82, 2.24) is 5.32 Å². The zero-order chi connectivity index (χ0) is 19.2. The van der Waals surface area contributed by atoms with Gasteiger partial charge in [-0.15, -0.1) is 0 Å². The van der Waals surface area contributed by atoms with Crippen LogP contribution in [0.5, 0.6) is 0 Å². The highest BCUT2D eigenvalue weighted by atomic mass is 16.5. The van der Waals surface area contributed by atoms with Gasteiger partial charge >= 0.3 is 5.97 Å². The van der Waals surface area contributed by atoms with E-state index in [0.29, 0.717) is 11.3 Å². The summed E-state index contributed by atoms with van der Waals surface area (Å²) in [7, 11) is 1.31. The van der Waals surface area contributed by atoms with Crippen LogP contribution in [-0.4, -0.2) is 25.5 Å².